The lowest BCUT2D eigenvalue weighted by molar-refractivity contribution is -0.119. The van der Waals surface area contributed by atoms with Crippen molar-refractivity contribution in [3.05, 3.63) is 28.2 Å². The summed E-state index contributed by atoms with van der Waals surface area (Å²) in [5, 5.41) is 2.77. The number of hydrogen-bond acceptors (Lipinski definition) is 4. The maximum Gasteiger partial charge on any atom is 0.250 e. The van der Waals surface area contributed by atoms with Gasteiger partial charge < -0.3 is 14.8 Å². The molecule has 0 saturated heterocycles. The van der Waals surface area contributed by atoms with Gasteiger partial charge >= 0.3 is 0 Å². The predicted molar refractivity (Wildman–Crippen MR) is 72.0 cm³/mol. The fraction of sp³-hybridized carbons (Fsp3) is 0.333. The molecule has 0 saturated carbocycles. The molecule has 1 aromatic carbocycles. The number of aliphatic imine (C=N–C) groups is 1. The highest BCUT2D eigenvalue weighted by molar-refractivity contribution is 9.10. The van der Waals surface area contributed by atoms with Gasteiger partial charge in [0.15, 0.2) is 0 Å². The van der Waals surface area contributed by atoms with Crippen LogP contribution in [0.4, 0.5) is 5.69 Å². The zero-order valence-corrected chi connectivity index (χ0v) is 11.5. The molecular formula is C12H13BrN2O3. The first-order valence-electron chi connectivity index (χ1n) is 5.46. The van der Waals surface area contributed by atoms with Crippen molar-refractivity contribution in [3.63, 3.8) is 0 Å². The summed E-state index contributed by atoms with van der Waals surface area (Å²) < 4.78 is 11.1. The molecule has 0 aromatic heterocycles. The summed E-state index contributed by atoms with van der Waals surface area (Å²) in [6, 6.07) is 5.55. The van der Waals surface area contributed by atoms with Gasteiger partial charge in [0.05, 0.1) is 17.8 Å². The highest BCUT2D eigenvalue weighted by atomic mass is 79.9. The maximum absolute atomic E-state index is 11.6. The molecule has 96 valence electrons. The summed E-state index contributed by atoms with van der Waals surface area (Å²) >= 11 is 3.37. The summed E-state index contributed by atoms with van der Waals surface area (Å²) in [4.78, 5) is 15.8. The van der Waals surface area contributed by atoms with Crippen molar-refractivity contribution in [2.24, 2.45) is 4.99 Å². The third kappa shape index (κ3) is 3.08. The van der Waals surface area contributed by atoms with Gasteiger partial charge in [0, 0.05) is 11.6 Å². The van der Waals surface area contributed by atoms with Crippen LogP contribution >= 0.6 is 15.9 Å². The van der Waals surface area contributed by atoms with E-state index in [0.29, 0.717) is 24.7 Å². The second kappa shape index (κ2) is 5.97. The molecule has 0 bridgehead atoms. The molecule has 0 fully saturated rings. The Kier molecular flexibility index (Phi) is 4.33. The van der Waals surface area contributed by atoms with Gasteiger partial charge in [0.25, 0.3) is 0 Å². The van der Waals surface area contributed by atoms with Gasteiger partial charge in [-0.1, -0.05) is 15.9 Å². The van der Waals surface area contributed by atoms with E-state index in [0.717, 1.165) is 10.0 Å². The third-order valence-corrected chi connectivity index (χ3v) is 2.84. The van der Waals surface area contributed by atoms with Crippen LogP contribution in [0.2, 0.25) is 0 Å². The largest absolute Gasteiger partial charge is 0.475 e. The molecule has 0 unspecified atom stereocenters. The number of carbonyl (C=O) groups excluding carboxylic acids is 1. The molecule has 0 radical (unpaired) electrons. The first-order chi connectivity index (χ1) is 8.70. The standard InChI is InChI=1S/C12H13BrN2O3/c1-17-7-11(16)15-10-6-8(13)2-3-9(10)12-14-4-5-18-12/h2-3,6H,4-5,7H2,1H3,(H,15,16). The minimum absolute atomic E-state index is 0.0132. The van der Waals surface area contributed by atoms with Crippen LogP contribution in [0, 0.1) is 0 Å². The van der Waals surface area contributed by atoms with Gasteiger partial charge in [-0.3, -0.25) is 4.79 Å². The molecule has 1 aliphatic heterocycles. The van der Waals surface area contributed by atoms with Crippen LogP contribution in [0.3, 0.4) is 0 Å². The Hall–Kier alpha value is -1.40. The summed E-state index contributed by atoms with van der Waals surface area (Å²) in [6.07, 6.45) is 0. The predicted octanol–water partition coefficient (Wildman–Crippen LogP) is 1.81. The highest BCUT2D eigenvalue weighted by Gasteiger charge is 2.16. The molecule has 1 N–H and O–H groups in total. The summed E-state index contributed by atoms with van der Waals surface area (Å²) in [7, 11) is 1.48. The second-order valence-electron chi connectivity index (χ2n) is 3.71. The first kappa shape index (κ1) is 13.0. The van der Waals surface area contributed by atoms with Crippen LogP contribution in [0.25, 0.3) is 0 Å². The number of anilines is 1. The van der Waals surface area contributed by atoms with Crippen molar-refractivity contribution >= 4 is 33.4 Å². The average molecular weight is 313 g/mol. The van der Waals surface area contributed by atoms with Crippen molar-refractivity contribution in [1.29, 1.82) is 0 Å². The fourth-order valence-corrected chi connectivity index (χ4v) is 1.98. The second-order valence-corrected chi connectivity index (χ2v) is 4.62. The first-order valence-corrected chi connectivity index (χ1v) is 6.26. The van der Waals surface area contributed by atoms with Crippen LogP contribution < -0.4 is 5.32 Å². The number of carbonyl (C=O) groups is 1. The molecule has 1 aromatic rings. The van der Waals surface area contributed by atoms with Gasteiger partial charge in [-0.15, -0.1) is 0 Å². The zero-order valence-electron chi connectivity index (χ0n) is 9.90. The van der Waals surface area contributed by atoms with Crippen LogP contribution in [0.5, 0.6) is 0 Å². The van der Waals surface area contributed by atoms with Crippen molar-refractivity contribution in [2.75, 3.05) is 32.2 Å². The Balaban J connectivity index is 2.26. The Morgan fingerprint density at radius 2 is 2.44 bits per heavy atom. The lowest BCUT2D eigenvalue weighted by Crippen LogP contribution is -2.19. The minimum Gasteiger partial charge on any atom is -0.475 e. The highest BCUT2D eigenvalue weighted by Crippen LogP contribution is 2.23. The number of hydrogen-bond donors (Lipinski definition) is 1. The Bertz CT molecular complexity index is 488. The van der Waals surface area contributed by atoms with E-state index in [-0.39, 0.29) is 12.5 Å². The number of nitrogens with zero attached hydrogens (tertiary/aromatic N) is 1. The normalized spacial score (nSPS) is 14.0. The SMILES string of the molecule is COCC(=O)Nc1cc(Br)ccc1C1=NCCO1. The van der Waals surface area contributed by atoms with E-state index in [9.17, 15) is 4.79 Å². The molecular weight excluding hydrogens is 300 g/mol. The molecule has 1 amide bonds. The van der Waals surface area contributed by atoms with Crippen molar-refractivity contribution in [2.45, 2.75) is 0 Å². The van der Waals surface area contributed by atoms with E-state index in [1.807, 2.05) is 18.2 Å². The Morgan fingerprint density at radius 1 is 1.61 bits per heavy atom. The summed E-state index contributed by atoms with van der Waals surface area (Å²) in [5.41, 5.74) is 1.44. The van der Waals surface area contributed by atoms with Gasteiger partial charge in [-0.05, 0) is 18.2 Å². The quantitative estimate of drug-likeness (QED) is 0.922. The van der Waals surface area contributed by atoms with Crippen molar-refractivity contribution < 1.29 is 14.3 Å². The Morgan fingerprint density at radius 3 is 3.11 bits per heavy atom. The number of halogens is 1. The monoisotopic (exact) mass is 312 g/mol. The van der Waals surface area contributed by atoms with E-state index in [4.69, 9.17) is 9.47 Å². The van der Waals surface area contributed by atoms with E-state index in [1.165, 1.54) is 7.11 Å². The number of methoxy groups -OCH3 is 1. The van der Waals surface area contributed by atoms with Gasteiger partial charge in [0.1, 0.15) is 13.2 Å². The number of amides is 1. The van der Waals surface area contributed by atoms with Crippen LogP contribution in [-0.2, 0) is 14.3 Å². The van der Waals surface area contributed by atoms with Gasteiger partial charge in [0.2, 0.25) is 11.8 Å². The molecule has 5 nitrogen and oxygen atoms in total. The fourth-order valence-electron chi connectivity index (χ4n) is 1.62. The number of ether oxygens (including phenoxy) is 2. The van der Waals surface area contributed by atoms with E-state index >= 15 is 0 Å². The molecule has 0 aliphatic carbocycles. The van der Waals surface area contributed by atoms with E-state index < -0.39 is 0 Å². The van der Waals surface area contributed by atoms with Crippen LogP contribution in [-0.4, -0.2) is 38.7 Å². The molecule has 1 heterocycles. The van der Waals surface area contributed by atoms with Gasteiger partial charge in [-0.2, -0.15) is 0 Å². The molecule has 2 rings (SSSR count). The zero-order chi connectivity index (χ0) is 13.0. The van der Waals surface area contributed by atoms with Crippen LogP contribution in [0.1, 0.15) is 5.56 Å². The molecule has 18 heavy (non-hydrogen) atoms. The Labute approximate surface area is 113 Å². The van der Waals surface area contributed by atoms with Crippen LogP contribution in [0.15, 0.2) is 27.7 Å². The van der Waals surface area contributed by atoms with Crippen molar-refractivity contribution in [1.82, 2.24) is 0 Å². The number of benzene rings is 1. The number of rotatable bonds is 4. The number of nitrogens with one attached hydrogen (secondary N) is 1. The minimum atomic E-state index is -0.213. The molecule has 6 heteroatoms. The third-order valence-electron chi connectivity index (χ3n) is 2.35. The molecule has 1 aliphatic rings. The summed E-state index contributed by atoms with van der Waals surface area (Å²) in [6.45, 7) is 1.24. The molecule has 0 spiro atoms. The topological polar surface area (TPSA) is 59.9 Å². The van der Waals surface area contributed by atoms with E-state index in [2.05, 4.69) is 26.2 Å². The van der Waals surface area contributed by atoms with E-state index in [1.54, 1.807) is 0 Å². The van der Waals surface area contributed by atoms with Crippen molar-refractivity contribution in [3.8, 4) is 0 Å². The summed E-state index contributed by atoms with van der Waals surface area (Å²) in [5.74, 6) is 0.352. The lowest BCUT2D eigenvalue weighted by atomic mass is 10.1. The smallest absolute Gasteiger partial charge is 0.250 e. The molecule has 0 atom stereocenters. The average Bonchev–Trinajstić information content (AvgIpc) is 2.83. The van der Waals surface area contributed by atoms with Gasteiger partial charge in [-0.25, -0.2) is 4.99 Å². The maximum atomic E-state index is 11.6. The lowest BCUT2D eigenvalue weighted by Gasteiger charge is -2.11.